The summed E-state index contributed by atoms with van der Waals surface area (Å²) < 4.78 is 0. The van der Waals surface area contributed by atoms with Crippen LogP contribution in [0, 0.1) is 0 Å². The van der Waals surface area contributed by atoms with Crippen LogP contribution in [0.2, 0.25) is 0 Å². The molecule has 1 rings (SSSR count). The molecule has 0 fully saturated rings. The molecule has 0 spiro atoms. The predicted molar refractivity (Wildman–Crippen MR) is 60.7 cm³/mol. The summed E-state index contributed by atoms with van der Waals surface area (Å²) in [5.41, 5.74) is 2.52. The highest BCUT2D eigenvalue weighted by molar-refractivity contribution is 5.26. The van der Waals surface area contributed by atoms with Gasteiger partial charge in [-0.2, -0.15) is 0 Å². The summed E-state index contributed by atoms with van der Waals surface area (Å²) in [5, 5.41) is 3.10. The SMILES string of the molecule is C=C(NC)C1=CCCCCC1.CC. The summed E-state index contributed by atoms with van der Waals surface area (Å²) in [4.78, 5) is 0. The average molecular weight is 181 g/mol. The van der Waals surface area contributed by atoms with E-state index in [1.54, 1.807) is 0 Å². The molecule has 1 nitrogen and oxygen atoms in total. The van der Waals surface area contributed by atoms with Gasteiger partial charge >= 0.3 is 0 Å². The van der Waals surface area contributed by atoms with E-state index in [1.807, 2.05) is 20.9 Å². The van der Waals surface area contributed by atoms with Gasteiger partial charge in [-0.15, -0.1) is 0 Å². The van der Waals surface area contributed by atoms with E-state index in [0.29, 0.717) is 0 Å². The van der Waals surface area contributed by atoms with Gasteiger partial charge in [-0.1, -0.05) is 32.9 Å². The minimum Gasteiger partial charge on any atom is -0.388 e. The van der Waals surface area contributed by atoms with E-state index in [-0.39, 0.29) is 0 Å². The van der Waals surface area contributed by atoms with Crippen molar-refractivity contribution in [2.45, 2.75) is 46.0 Å². The Morgan fingerprint density at radius 3 is 2.62 bits per heavy atom. The molecule has 1 aliphatic carbocycles. The summed E-state index contributed by atoms with van der Waals surface area (Å²) in [6.45, 7) is 7.96. The first-order valence-corrected chi connectivity index (χ1v) is 5.40. The van der Waals surface area contributed by atoms with Crippen molar-refractivity contribution in [1.82, 2.24) is 5.32 Å². The number of allylic oxidation sites excluding steroid dienone is 2. The van der Waals surface area contributed by atoms with Gasteiger partial charge in [0.15, 0.2) is 0 Å². The summed E-state index contributed by atoms with van der Waals surface area (Å²) >= 11 is 0. The normalized spacial score (nSPS) is 16.1. The zero-order valence-corrected chi connectivity index (χ0v) is 9.32. The van der Waals surface area contributed by atoms with E-state index in [9.17, 15) is 0 Å². The first-order valence-electron chi connectivity index (χ1n) is 5.40. The summed E-state index contributed by atoms with van der Waals surface area (Å²) in [5.74, 6) is 0. The Labute approximate surface area is 82.9 Å². The van der Waals surface area contributed by atoms with Crippen LogP contribution in [0.15, 0.2) is 23.9 Å². The first kappa shape index (κ1) is 12.3. The Kier molecular flexibility index (Phi) is 7.47. The average Bonchev–Trinajstić information content (AvgIpc) is 2.48. The molecular weight excluding hydrogens is 158 g/mol. The molecule has 76 valence electrons. The number of hydrogen-bond acceptors (Lipinski definition) is 1. The van der Waals surface area contributed by atoms with Crippen LogP contribution < -0.4 is 5.32 Å². The minimum atomic E-state index is 1.10. The van der Waals surface area contributed by atoms with Gasteiger partial charge in [-0.05, 0) is 31.3 Å². The van der Waals surface area contributed by atoms with Gasteiger partial charge in [0.2, 0.25) is 0 Å². The second-order valence-electron chi connectivity index (χ2n) is 3.06. The molecule has 0 aromatic rings. The van der Waals surface area contributed by atoms with Gasteiger partial charge in [-0.3, -0.25) is 0 Å². The highest BCUT2D eigenvalue weighted by Crippen LogP contribution is 2.20. The van der Waals surface area contributed by atoms with Crippen molar-refractivity contribution in [2.24, 2.45) is 0 Å². The van der Waals surface area contributed by atoms with Crippen LogP contribution in [-0.4, -0.2) is 7.05 Å². The molecule has 1 aliphatic rings. The predicted octanol–water partition coefficient (Wildman–Crippen LogP) is 3.64. The molecule has 0 aliphatic heterocycles. The summed E-state index contributed by atoms with van der Waals surface area (Å²) in [6.07, 6.45) is 8.81. The second-order valence-corrected chi connectivity index (χ2v) is 3.06. The zero-order chi connectivity index (χ0) is 10.1. The maximum atomic E-state index is 3.96. The summed E-state index contributed by atoms with van der Waals surface area (Å²) in [6, 6.07) is 0. The van der Waals surface area contributed by atoms with Crippen molar-refractivity contribution in [1.29, 1.82) is 0 Å². The van der Waals surface area contributed by atoms with E-state index in [1.165, 1.54) is 37.7 Å². The lowest BCUT2D eigenvalue weighted by molar-refractivity contribution is 0.710. The monoisotopic (exact) mass is 181 g/mol. The molecular formula is C12H23N. The minimum absolute atomic E-state index is 1.10. The van der Waals surface area contributed by atoms with Gasteiger partial charge < -0.3 is 5.32 Å². The molecule has 0 saturated heterocycles. The van der Waals surface area contributed by atoms with Crippen LogP contribution in [0.1, 0.15) is 46.0 Å². The van der Waals surface area contributed by atoms with Crippen LogP contribution in [0.5, 0.6) is 0 Å². The highest BCUT2D eigenvalue weighted by Gasteiger charge is 2.03. The fourth-order valence-corrected chi connectivity index (χ4v) is 1.45. The maximum Gasteiger partial charge on any atom is 0.0293 e. The van der Waals surface area contributed by atoms with E-state index >= 15 is 0 Å². The van der Waals surface area contributed by atoms with Crippen LogP contribution in [-0.2, 0) is 0 Å². The van der Waals surface area contributed by atoms with Crippen molar-refractivity contribution in [3.8, 4) is 0 Å². The topological polar surface area (TPSA) is 12.0 Å². The lowest BCUT2D eigenvalue weighted by Crippen LogP contribution is -2.06. The van der Waals surface area contributed by atoms with E-state index in [2.05, 4.69) is 18.0 Å². The lowest BCUT2D eigenvalue weighted by atomic mass is 10.1. The van der Waals surface area contributed by atoms with Crippen molar-refractivity contribution in [3.63, 3.8) is 0 Å². The van der Waals surface area contributed by atoms with Crippen molar-refractivity contribution < 1.29 is 0 Å². The third-order valence-electron chi connectivity index (χ3n) is 2.23. The van der Waals surface area contributed by atoms with Crippen LogP contribution >= 0.6 is 0 Å². The molecule has 0 aromatic carbocycles. The summed E-state index contributed by atoms with van der Waals surface area (Å²) in [7, 11) is 1.94. The maximum absolute atomic E-state index is 3.96. The van der Waals surface area contributed by atoms with Gasteiger partial charge in [0.05, 0.1) is 0 Å². The molecule has 13 heavy (non-hydrogen) atoms. The van der Waals surface area contributed by atoms with E-state index in [0.717, 1.165) is 5.70 Å². The van der Waals surface area contributed by atoms with E-state index in [4.69, 9.17) is 0 Å². The number of hydrogen-bond donors (Lipinski definition) is 1. The molecule has 0 saturated carbocycles. The number of rotatable bonds is 2. The smallest absolute Gasteiger partial charge is 0.0293 e. The van der Waals surface area contributed by atoms with Gasteiger partial charge in [0.1, 0.15) is 0 Å². The molecule has 0 bridgehead atoms. The number of nitrogens with one attached hydrogen (secondary N) is 1. The Hall–Kier alpha value is -0.720. The molecule has 1 N–H and O–H groups in total. The Morgan fingerprint density at radius 1 is 1.31 bits per heavy atom. The molecule has 0 amide bonds. The third-order valence-corrected chi connectivity index (χ3v) is 2.23. The number of likely N-dealkylation sites (N-methyl/N-ethyl adjacent to an activating group) is 1. The Balaban J connectivity index is 0.000000671. The molecule has 0 heterocycles. The molecule has 0 radical (unpaired) electrons. The lowest BCUT2D eigenvalue weighted by Gasteiger charge is -2.07. The van der Waals surface area contributed by atoms with E-state index < -0.39 is 0 Å². The molecule has 0 atom stereocenters. The van der Waals surface area contributed by atoms with Crippen LogP contribution in [0.25, 0.3) is 0 Å². The second kappa shape index (κ2) is 7.90. The van der Waals surface area contributed by atoms with Crippen LogP contribution in [0.3, 0.4) is 0 Å². The van der Waals surface area contributed by atoms with Gasteiger partial charge in [0, 0.05) is 12.7 Å². The fraction of sp³-hybridized carbons (Fsp3) is 0.667. The zero-order valence-electron chi connectivity index (χ0n) is 9.32. The van der Waals surface area contributed by atoms with Gasteiger partial charge in [0.25, 0.3) is 0 Å². The van der Waals surface area contributed by atoms with Crippen LogP contribution in [0.4, 0.5) is 0 Å². The molecule has 0 aromatic heterocycles. The van der Waals surface area contributed by atoms with Crippen molar-refractivity contribution >= 4 is 0 Å². The largest absolute Gasteiger partial charge is 0.388 e. The fourth-order valence-electron chi connectivity index (χ4n) is 1.45. The van der Waals surface area contributed by atoms with Crippen molar-refractivity contribution in [3.05, 3.63) is 23.9 Å². The molecule has 0 unspecified atom stereocenters. The first-order chi connectivity index (χ1) is 6.34. The quantitative estimate of drug-likeness (QED) is 0.686. The Morgan fingerprint density at radius 2 is 2.00 bits per heavy atom. The van der Waals surface area contributed by atoms with Crippen molar-refractivity contribution in [2.75, 3.05) is 7.05 Å². The highest BCUT2D eigenvalue weighted by atomic mass is 14.8. The van der Waals surface area contributed by atoms with Gasteiger partial charge in [-0.25, -0.2) is 0 Å². The third kappa shape index (κ3) is 4.76. The Bertz CT molecular complexity index is 168. The molecule has 1 heteroatoms. The standard InChI is InChI=1S/C10H17N.C2H6/c1-9(11-2)10-7-5-3-4-6-8-10;1-2/h7,11H,1,3-6,8H2,2H3;1-2H3.